The first-order valence-corrected chi connectivity index (χ1v) is 8.45. The molecule has 2 nitrogen and oxygen atoms in total. The van der Waals surface area contributed by atoms with Gasteiger partial charge in [-0.25, -0.2) is 0 Å². The summed E-state index contributed by atoms with van der Waals surface area (Å²) in [6, 6.07) is 5.62. The van der Waals surface area contributed by atoms with Crippen molar-refractivity contribution in [2.24, 2.45) is 5.92 Å². The summed E-state index contributed by atoms with van der Waals surface area (Å²) in [7, 11) is 0. The molecule has 1 saturated carbocycles. The van der Waals surface area contributed by atoms with Crippen LogP contribution in [0.3, 0.4) is 0 Å². The van der Waals surface area contributed by atoms with Crippen LogP contribution in [-0.4, -0.2) is 17.3 Å². The number of hydrogen-bond acceptors (Lipinski definition) is 1. The number of carbonyl (C=O) groups excluding carboxylic acids is 1. The van der Waals surface area contributed by atoms with Gasteiger partial charge in [-0.3, -0.25) is 4.79 Å². The Hall–Kier alpha value is 0.130. The summed E-state index contributed by atoms with van der Waals surface area (Å²) in [6.07, 6.45) is 3.65. The van der Waals surface area contributed by atoms with Gasteiger partial charge in [-0.05, 0) is 52.9 Å². The Labute approximate surface area is 132 Å². The summed E-state index contributed by atoms with van der Waals surface area (Å²) < 4.78 is 1.74. The summed E-state index contributed by atoms with van der Waals surface area (Å²) in [5.74, 6) is 0.537. The second-order valence-electron chi connectivity index (χ2n) is 4.54. The van der Waals surface area contributed by atoms with Gasteiger partial charge >= 0.3 is 0 Å². The quantitative estimate of drug-likeness (QED) is 0.690. The summed E-state index contributed by atoms with van der Waals surface area (Å²) in [4.78, 5) is 12.6. The Kier molecular flexibility index (Phi) is 5.27. The average molecular weight is 440 g/mol. The Morgan fingerprint density at radius 2 is 2.11 bits per heavy atom. The van der Waals surface area contributed by atoms with Crippen LogP contribution in [0.25, 0.3) is 0 Å². The van der Waals surface area contributed by atoms with E-state index in [-0.39, 0.29) is 5.91 Å². The van der Waals surface area contributed by atoms with Crippen molar-refractivity contribution in [2.75, 3.05) is 6.54 Å². The monoisotopic (exact) mass is 437 g/mol. The van der Waals surface area contributed by atoms with Gasteiger partial charge in [0.2, 0.25) is 0 Å². The van der Waals surface area contributed by atoms with Crippen molar-refractivity contribution in [2.45, 2.75) is 24.1 Å². The van der Waals surface area contributed by atoms with Crippen LogP contribution in [0.4, 0.5) is 0 Å². The molecule has 0 aromatic heterocycles. The number of halogens is 3. The predicted octanol–water partition coefficient (Wildman–Crippen LogP) is 4.51. The van der Waals surface area contributed by atoms with E-state index in [9.17, 15) is 4.79 Å². The van der Waals surface area contributed by atoms with Crippen LogP contribution in [-0.2, 0) is 0 Å². The number of alkyl halides is 1. The average Bonchev–Trinajstić information content (AvgIpc) is 2.75. The van der Waals surface area contributed by atoms with Crippen LogP contribution in [0.2, 0.25) is 0 Å². The number of carbonyl (C=O) groups is 1. The SMILES string of the molecule is O=C(NCC1CCCC1Br)c1cc(Br)ccc1Br. The lowest BCUT2D eigenvalue weighted by atomic mass is 10.1. The number of rotatable bonds is 3. The van der Waals surface area contributed by atoms with Crippen molar-refractivity contribution in [3.8, 4) is 0 Å². The Morgan fingerprint density at radius 1 is 1.33 bits per heavy atom. The zero-order valence-corrected chi connectivity index (χ0v) is 14.5. The van der Waals surface area contributed by atoms with E-state index in [2.05, 4.69) is 53.1 Å². The van der Waals surface area contributed by atoms with Gasteiger partial charge < -0.3 is 5.32 Å². The van der Waals surface area contributed by atoms with Crippen LogP contribution >= 0.6 is 47.8 Å². The van der Waals surface area contributed by atoms with E-state index in [1.54, 1.807) is 0 Å². The molecular formula is C13H14Br3NO. The van der Waals surface area contributed by atoms with E-state index in [4.69, 9.17) is 0 Å². The van der Waals surface area contributed by atoms with E-state index in [1.165, 1.54) is 19.3 Å². The van der Waals surface area contributed by atoms with Gasteiger partial charge in [0.15, 0.2) is 0 Å². The topological polar surface area (TPSA) is 29.1 Å². The normalized spacial score (nSPS) is 23.1. The molecule has 2 unspecified atom stereocenters. The number of amides is 1. The molecule has 0 heterocycles. The molecule has 1 aliphatic rings. The second-order valence-corrected chi connectivity index (χ2v) is 7.49. The molecule has 1 fully saturated rings. The molecule has 98 valence electrons. The van der Waals surface area contributed by atoms with Gasteiger partial charge in [0.1, 0.15) is 0 Å². The van der Waals surface area contributed by atoms with Crippen molar-refractivity contribution in [3.63, 3.8) is 0 Å². The van der Waals surface area contributed by atoms with E-state index in [0.717, 1.165) is 15.5 Å². The lowest BCUT2D eigenvalue weighted by Gasteiger charge is -2.15. The minimum Gasteiger partial charge on any atom is -0.352 e. The van der Waals surface area contributed by atoms with E-state index < -0.39 is 0 Å². The molecule has 1 N–H and O–H groups in total. The summed E-state index contributed by atoms with van der Waals surface area (Å²) in [5, 5.41) is 3.02. The standard InChI is InChI=1S/C13H14Br3NO/c14-9-4-5-12(16)10(6-9)13(18)17-7-8-2-1-3-11(8)15/h4-6,8,11H,1-3,7H2,(H,17,18). The van der Waals surface area contributed by atoms with Crippen molar-refractivity contribution in [3.05, 3.63) is 32.7 Å². The van der Waals surface area contributed by atoms with E-state index in [0.29, 0.717) is 16.3 Å². The molecular weight excluding hydrogens is 426 g/mol. The van der Waals surface area contributed by atoms with Gasteiger partial charge in [0, 0.05) is 20.3 Å². The molecule has 0 radical (unpaired) electrons. The maximum atomic E-state index is 12.1. The van der Waals surface area contributed by atoms with Crippen LogP contribution in [0, 0.1) is 5.92 Å². The molecule has 1 aromatic carbocycles. The molecule has 1 aliphatic carbocycles. The highest BCUT2D eigenvalue weighted by Crippen LogP contribution is 2.31. The van der Waals surface area contributed by atoms with E-state index >= 15 is 0 Å². The minimum absolute atomic E-state index is 0.0187. The highest BCUT2D eigenvalue weighted by molar-refractivity contribution is 9.11. The van der Waals surface area contributed by atoms with Gasteiger partial charge in [-0.2, -0.15) is 0 Å². The smallest absolute Gasteiger partial charge is 0.252 e. The fourth-order valence-electron chi connectivity index (χ4n) is 2.21. The zero-order valence-electron chi connectivity index (χ0n) is 9.76. The molecule has 1 aromatic rings. The highest BCUT2D eigenvalue weighted by atomic mass is 79.9. The highest BCUT2D eigenvalue weighted by Gasteiger charge is 2.25. The summed E-state index contributed by atoms with van der Waals surface area (Å²) >= 11 is 10.5. The summed E-state index contributed by atoms with van der Waals surface area (Å²) in [6.45, 7) is 0.744. The number of nitrogens with one attached hydrogen (secondary N) is 1. The molecule has 0 saturated heterocycles. The first-order valence-electron chi connectivity index (χ1n) is 5.95. The van der Waals surface area contributed by atoms with Crippen LogP contribution in [0.5, 0.6) is 0 Å². The fourth-order valence-corrected chi connectivity index (χ4v) is 3.77. The van der Waals surface area contributed by atoms with Crippen molar-refractivity contribution >= 4 is 53.7 Å². The maximum Gasteiger partial charge on any atom is 0.252 e. The lowest BCUT2D eigenvalue weighted by molar-refractivity contribution is 0.0947. The Balaban J connectivity index is 1.97. The number of hydrogen-bond donors (Lipinski definition) is 1. The van der Waals surface area contributed by atoms with Gasteiger partial charge in [-0.15, -0.1) is 0 Å². The zero-order chi connectivity index (χ0) is 13.1. The molecule has 5 heteroatoms. The molecule has 0 aliphatic heterocycles. The van der Waals surface area contributed by atoms with Gasteiger partial charge in [0.25, 0.3) is 5.91 Å². The molecule has 2 rings (SSSR count). The van der Waals surface area contributed by atoms with Gasteiger partial charge in [-0.1, -0.05) is 38.3 Å². The number of benzene rings is 1. The largest absolute Gasteiger partial charge is 0.352 e. The third kappa shape index (κ3) is 3.58. The maximum absolute atomic E-state index is 12.1. The molecule has 0 bridgehead atoms. The Bertz CT molecular complexity index is 450. The summed E-state index contributed by atoms with van der Waals surface area (Å²) in [5.41, 5.74) is 0.675. The van der Waals surface area contributed by atoms with E-state index in [1.807, 2.05) is 18.2 Å². The second kappa shape index (κ2) is 6.53. The first-order chi connectivity index (χ1) is 8.58. The lowest BCUT2D eigenvalue weighted by Crippen LogP contribution is -2.31. The third-order valence-electron chi connectivity index (χ3n) is 3.26. The van der Waals surface area contributed by atoms with Crippen molar-refractivity contribution in [1.82, 2.24) is 5.32 Å². The van der Waals surface area contributed by atoms with Crippen LogP contribution in [0.1, 0.15) is 29.6 Å². The van der Waals surface area contributed by atoms with Crippen molar-refractivity contribution < 1.29 is 4.79 Å². The predicted molar refractivity (Wildman–Crippen MR) is 84.2 cm³/mol. The Morgan fingerprint density at radius 3 is 2.78 bits per heavy atom. The molecule has 0 spiro atoms. The fraction of sp³-hybridized carbons (Fsp3) is 0.462. The van der Waals surface area contributed by atoms with Crippen LogP contribution < -0.4 is 5.32 Å². The molecule has 2 atom stereocenters. The third-order valence-corrected chi connectivity index (χ3v) is 5.65. The van der Waals surface area contributed by atoms with Gasteiger partial charge in [0.05, 0.1) is 5.56 Å². The molecule has 1 amide bonds. The van der Waals surface area contributed by atoms with Crippen molar-refractivity contribution in [1.29, 1.82) is 0 Å². The minimum atomic E-state index is -0.0187. The van der Waals surface area contributed by atoms with Crippen LogP contribution in [0.15, 0.2) is 27.1 Å². The first kappa shape index (κ1) is 14.5. The molecule has 18 heavy (non-hydrogen) atoms.